The van der Waals surface area contributed by atoms with Gasteiger partial charge in [-0.05, 0) is 54.5 Å². The van der Waals surface area contributed by atoms with Crippen LogP contribution in [0.3, 0.4) is 0 Å². The summed E-state index contributed by atoms with van der Waals surface area (Å²) in [5, 5.41) is 2.87. The van der Waals surface area contributed by atoms with Crippen LogP contribution >= 0.6 is 0 Å². The zero-order chi connectivity index (χ0) is 26.5. The molecule has 2 fully saturated rings. The summed E-state index contributed by atoms with van der Waals surface area (Å²) >= 11 is 0. The van der Waals surface area contributed by atoms with E-state index < -0.39 is 24.2 Å². The minimum atomic E-state index is -5.00. The maximum Gasteiger partial charge on any atom is 0.573 e. The van der Waals surface area contributed by atoms with Crippen LogP contribution in [0.25, 0.3) is 6.08 Å². The van der Waals surface area contributed by atoms with Gasteiger partial charge in [0.05, 0.1) is 13.3 Å². The minimum Gasteiger partial charge on any atom is -0.497 e. The molecular weight excluding hydrogens is 481 g/mol. The Morgan fingerprint density at radius 1 is 1.19 bits per heavy atom. The van der Waals surface area contributed by atoms with Gasteiger partial charge in [0.2, 0.25) is 0 Å². The van der Waals surface area contributed by atoms with Gasteiger partial charge in [-0.15, -0.1) is 19.8 Å². The lowest BCUT2D eigenvalue weighted by Gasteiger charge is -2.54. The highest BCUT2D eigenvalue weighted by Crippen LogP contribution is 2.50. The fourth-order valence-electron chi connectivity index (χ4n) is 5.86. The van der Waals surface area contributed by atoms with Crippen molar-refractivity contribution in [2.75, 3.05) is 20.2 Å². The molecule has 1 aliphatic carbocycles. The molecule has 1 saturated heterocycles. The predicted octanol–water partition coefficient (Wildman–Crippen LogP) is 6.03. The van der Waals surface area contributed by atoms with Crippen LogP contribution in [-0.2, 0) is 14.9 Å². The molecular formula is C29H33F3N2O3. The predicted molar refractivity (Wildman–Crippen MR) is 137 cm³/mol. The van der Waals surface area contributed by atoms with E-state index in [1.165, 1.54) is 0 Å². The number of carbonyl (C=O) groups is 1. The molecule has 1 amide bonds. The number of amides is 1. The number of ether oxygens (including phenoxy) is 2. The Balaban J connectivity index is 1.66. The van der Waals surface area contributed by atoms with Crippen molar-refractivity contribution in [2.45, 2.75) is 50.0 Å². The smallest absolute Gasteiger partial charge is 0.497 e. The maximum atomic E-state index is 13.3. The lowest BCUT2D eigenvalue weighted by Crippen LogP contribution is -2.61. The number of hydrogen-bond donors (Lipinski definition) is 1. The zero-order valence-electron chi connectivity index (χ0n) is 21.0. The number of piperidine rings is 1. The number of halogens is 3. The lowest BCUT2D eigenvalue weighted by atomic mass is 9.58. The molecule has 1 N–H and O–H groups in total. The Hall–Kier alpha value is -3.26. The van der Waals surface area contributed by atoms with Crippen molar-refractivity contribution in [1.82, 2.24) is 10.2 Å². The first kappa shape index (κ1) is 26.8. The molecule has 2 aromatic rings. The summed E-state index contributed by atoms with van der Waals surface area (Å²) in [6, 6.07) is 16.4. The highest BCUT2D eigenvalue weighted by molar-refractivity contribution is 5.96. The molecule has 1 saturated carbocycles. The van der Waals surface area contributed by atoms with E-state index in [0.717, 1.165) is 43.1 Å². The van der Waals surface area contributed by atoms with E-state index in [1.807, 2.05) is 18.2 Å². The largest absolute Gasteiger partial charge is 0.573 e. The molecule has 0 spiro atoms. The SMILES string of the molecule is C=CCN1CC2CCCC[C@@]2(c2cccc(OC)c2)C[C@H]1NC(=O)C(=Cc1ccccc1)OC(F)(F)F. The molecule has 4 rings (SSSR count). The van der Waals surface area contributed by atoms with Gasteiger partial charge in [0.1, 0.15) is 5.75 Å². The Morgan fingerprint density at radius 2 is 1.97 bits per heavy atom. The van der Waals surface area contributed by atoms with E-state index in [0.29, 0.717) is 31.0 Å². The molecule has 5 nitrogen and oxygen atoms in total. The quantitative estimate of drug-likeness (QED) is 0.265. The van der Waals surface area contributed by atoms with Gasteiger partial charge < -0.3 is 14.8 Å². The second-order valence-corrected chi connectivity index (χ2v) is 9.73. The second kappa shape index (κ2) is 11.4. The summed E-state index contributed by atoms with van der Waals surface area (Å²) in [4.78, 5) is 15.4. The summed E-state index contributed by atoms with van der Waals surface area (Å²) in [6.07, 6.45) is 2.09. The van der Waals surface area contributed by atoms with Gasteiger partial charge in [-0.1, -0.05) is 61.4 Å². The fraction of sp³-hybridized carbons (Fsp3) is 0.414. The third-order valence-corrected chi connectivity index (χ3v) is 7.51. The van der Waals surface area contributed by atoms with Crippen molar-refractivity contribution in [2.24, 2.45) is 5.92 Å². The monoisotopic (exact) mass is 514 g/mol. The van der Waals surface area contributed by atoms with Crippen LogP contribution in [0, 0.1) is 5.92 Å². The number of likely N-dealkylation sites (tertiary alicyclic amines) is 1. The van der Waals surface area contributed by atoms with E-state index in [-0.39, 0.29) is 5.41 Å². The van der Waals surface area contributed by atoms with Gasteiger partial charge in [0, 0.05) is 18.5 Å². The molecule has 0 radical (unpaired) electrons. The summed E-state index contributed by atoms with van der Waals surface area (Å²) in [5.74, 6) is -0.599. The number of nitrogens with one attached hydrogen (secondary N) is 1. The summed E-state index contributed by atoms with van der Waals surface area (Å²) < 4.78 is 49.4. The molecule has 3 atom stereocenters. The Morgan fingerprint density at radius 3 is 2.68 bits per heavy atom. The maximum absolute atomic E-state index is 13.3. The zero-order valence-corrected chi connectivity index (χ0v) is 21.0. The molecule has 2 aliphatic rings. The van der Waals surface area contributed by atoms with Crippen LogP contribution in [0.1, 0.15) is 43.2 Å². The van der Waals surface area contributed by atoms with E-state index in [2.05, 4.69) is 27.6 Å². The number of rotatable bonds is 8. The normalized spacial score (nSPS) is 24.6. The molecule has 37 heavy (non-hydrogen) atoms. The first-order chi connectivity index (χ1) is 17.7. The van der Waals surface area contributed by atoms with Crippen LogP contribution in [0.15, 0.2) is 73.0 Å². The topological polar surface area (TPSA) is 50.8 Å². The molecule has 0 aromatic heterocycles. The number of hydrogen-bond acceptors (Lipinski definition) is 4. The number of alkyl halides is 3. The number of benzene rings is 2. The van der Waals surface area contributed by atoms with Crippen molar-refractivity contribution >= 4 is 12.0 Å². The van der Waals surface area contributed by atoms with Gasteiger partial charge in [0.15, 0.2) is 5.76 Å². The molecule has 198 valence electrons. The van der Waals surface area contributed by atoms with Crippen molar-refractivity contribution in [3.63, 3.8) is 0 Å². The van der Waals surface area contributed by atoms with E-state index in [1.54, 1.807) is 43.5 Å². The third kappa shape index (κ3) is 6.36. The number of methoxy groups -OCH3 is 1. The second-order valence-electron chi connectivity index (χ2n) is 9.73. The minimum absolute atomic E-state index is 0.226. The van der Waals surface area contributed by atoms with Crippen LogP contribution in [0.5, 0.6) is 5.75 Å². The number of fused-ring (bicyclic) bond motifs is 1. The van der Waals surface area contributed by atoms with Gasteiger partial charge in [-0.3, -0.25) is 9.69 Å². The summed E-state index contributed by atoms with van der Waals surface area (Å²) in [7, 11) is 1.63. The molecule has 1 aliphatic heterocycles. The van der Waals surface area contributed by atoms with Gasteiger partial charge >= 0.3 is 6.36 Å². The number of nitrogens with zero attached hydrogens (tertiary/aromatic N) is 1. The van der Waals surface area contributed by atoms with Gasteiger partial charge in [0.25, 0.3) is 5.91 Å². The van der Waals surface area contributed by atoms with Gasteiger partial charge in [-0.2, -0.15) is 0 Å². The van der Waals surface area contributed by atoms with Crippen LogP contribution in [0.2, 0.25) is 0 Å². The molecule has 1 unspecified atom stereocenters. The summed E-state index contributed by atoms with van der Waals surface area (Å²) in [6.45, 7) is 5.06. The van der Waals surface area contributed by atoms with E-state index >= 15 is 0 Å². The fourth-order valence-corrected chi connectivity index (χ4v) is 5.86. The first-order valence-corrected chi connectivity index (χ1v) is 12.6. The Bertz CT molecular complexity index is 1120. The van der Waals surface area contributed by atoms with Crippen molar-refractivity contribution in [3.05, 3.63) is 84.1 Å². The van der Waals surface area contributed by atoms with Crippen LogP contribution in [0.4, 0.5) is 13.2 Å². The van der Waals surface area contributed by atoms with Crippen molar-refractivity contribution in [3.8, 4) is 5.75 Å². The van der Waals surface area contributed by atoms with E-state index in [9.17, 15) is 18.0 Å². The van der Waals surface area contributed by atoms with Crippen molar-refractivity contribution < 1.29 is 27.4 Å². The molecule has 0 bridgehead atoms. The van der Waals surface area contributed by atoms with Gasteiger partial charge in [-0.25, -0.2) is 0 Å². The first-order valence-electron chi connectivity index (χ1n) is 12.6. The summed E-state index contributed by atoms with van der Waals surface area (Å²) in [5.41, 5.74) is 1.35. The standard InChI is InChI=1S/C29H33F3N2O3/c1-3-16-34-20-23-12-7-8-15-28(23,22-13-9-14-24(18-22)36-2)19-26(34)33-27(35)25(37-29(30,31)32)17-21-10-5-4-6-11-21/h3-6,9-11,13-14,17-18,23,26H,1,7-8,12,15-16,19-20H2,2H3,(H,33,35)/t23?,26-,28-/m0/s1. The van der Waals surface area contributed by atoms with E-state index in [4.69, 9.17) is 4.74 Å². The highest BCUT2D eigenvalue weighted by atomic mass is 19.4. The van der Waals surface area contributed by atoms with Crippen LogP contribution in [-0.4, -0.2) is 43.5 Å². The average Bonchev–Trinajstić information content (AvgIpc) is 2.88. The Labute approximate surface area is 215 Å². The Kier molecular flexibility index (Phi) is 8.27. The van der Waals surface area contributed by atoms with Crippen molar-refractivity contribution in [1.29, 1.82) is 0 Å². The lowest BCUT2D eigenvalue weighted by molar-refractivity contribution is -0.304. The van der Waals surface area contributed by atoms with Crippen LogP contribution < -0.4 is 10.1 Å². The molecule has 1 heterocycles. The third-order valence-electron chi connectivity index (χ3n) is 7.51. The number of carbonyl (C=O) groups excluding carboxylic acids is 1. The molecule has 2 aromatic carbocycles. The molecule has 8 heteroatoms. The highest BCUT2D eigenvalue weighted by Gasteiger charge is 2.49. The average molecular weight is 515 g/mol.